The van der Waals surface area contributed by atoms with E-state index in [0.29, 0.717) is 0 Å². The Bertz CT molecular complexity index is 568. The van der Waals surface area contributed by atoms with Gasteiger partial charge in [-0.25, -0.2) is 4.98 Å². The molecule has 0 aliphatic heterocycles. The SMILES string of the molecule is Cc1ncsc1CN(C)Cc1occc1CNC(C)(C)C. The van der Waals surface area contributed by atoms with E-state index in [1.807, 2.05) is 5.51 Å². The van der Waals surface area contributed by atoms with E-state index >= 15 is 0 Å². The molecule has 2 rings (SSSR count). The molecule has 116 valence electrons. The minimum Gasteiger partial charge on any atom is -0.468 e. The summed E-state index contributed by atoms with van der Waals surface area (Å²) in [6.07, 6.45) is 1.78. The van der Waals surface area contributed by atoms with Crippen LogP contribution in [0, 0.1) is 6.92 Å². The van der Waals surface area contributed by atoms with E-state index in [-0.39, 0.29) is 5.54 Å². The Balaban J connectivity index is 1.94. The van der Waals surface area contributed by atoms with E-state index in [1.54, 1.807) is 17.6 Å². The minimum atomic E-state index is 0.111. The van der Waals surface area contributed by atoms with E-state index in [1.165, 1.54) is 10.4 Å². The van der Waals surface area contributed by atoms with E-state index in [0.717, 1.165) is 31.1 Å². The normalized spacial score (nSPS) is 12.3. The van der Waals surface area contributed by atoms with Crippen LogP contribution in [0.25, 0.3) is 0 Å². The van der Waals surface area contributed by atoms with Crippen molar-refractivity contribution in [3.8, 4) is 0 Å². The van der Waals surface area contributed by atoms with Crippen molar-refractivity contribution in [3.05, 3.63) is 39.7 Å². The number of aromatic nitrogens is 1. The van der Waals surface area contributed by atoms with Crippen LogP contribution >= 0.6 is 11.3 Å². The summed E-state index contributed by atoms with van der Waals surface area (Å²) in [4.78, 5) is 7.88. The molecule has 21 heavy (non-hydrogen) atoms. The summed E-state index contributed by atoms with van der Waals surface area (Å²) in [6, 6.07) is 2.06. The molecule has 0 unspecified atom stereocenters. The Kier molecular flexibility index (Phi) is 5.19. The molecule has 0 saturated heterocycles. The van der Waals surface area contributed by atoms with E-state index in [2.05, 4.69) is 56.0 Å². The Hall–Kier alpha value is -1.17. The number of nitrogens with one attached hydrogen (secondary N) is 1. The highest BCUT2D eigenvalue weighted by Gasteiger charge is 2.14. The third-order valence-electron chi connectivity index (χ3n) is 3.32. The van der Waals surface area contributed by atoms with Gasteiger partial charge < -0.3 is 9.73 Å². The maximum atomic E-state index is 5.66. The van der Waals surface area contributed by atoms with Crippen molar-refractivity contribution in [2.24, 2.45) is 0 Å². The molecule has 5 heteroatoms. The van der Waals surface area contributed by atoms with Crippen molar-refractivity contribution in [1.29, 1.82) is 0 Å². The van der Waals surface area contributed by atoms with Crippen molar-refractivity contribution >= 4 is 11.3 Å². The summed E-state index contributed by atoms with van der Waals surface area (Å²) in [5, 5.41) is 3.51. The summed E-state index contributed by atoms with van der Waals surface area (Å²) in [5.74, 6) is 1.04. The van der Waals surface area contributed by atoms with Crippen LogP contribution in [0.3, 0.4) is 0 Å². The topological polar surface area (TPSA) is 41.3 Å². The molecule has 2 aromatic rings. The maximum absolute atomic E-state index is 5.66. The fraction of sp³-hybridized carbons (Fsp3) is 0.562. The zero-order valence-electron chi connectivity index (χ0n) is 13.6. The molecule has 0 radical (unpaired) electrons. The second-order valence-corrected chi connectivity index (χ2v) is 7.45. The zero-order valence-corrected chi connectivity index (χ0v) is 14.4. The van der Waals surface area contributed by atoms with Gasteiger partial charge in [0, 0.05) is 29.1 Å². The second-order valence-electron chi connectivity index (χ2n) is 6.51. The van der Waals surface area contributed by atoms with Gasteiger partial charge in [-0.05, 0) is 40.8 Å². The molecule has 0 aromatic carbocycles. The number of hydrogen-bond acceptors (Lipinski definition) is 5. The lowest BCUT2D eigenvalue weighted by molar-refractivity contribution is 0.286. The summed E-state index contributed by atoms with van der Waals surface area (Å²) >= 11 is 1.71. The van der Waals surface area contributed by atoms with Crippen LogP contribution in [0.5, 0.6) is 0 Å². The smallest absolute Gasteiger partial charge is 0.122 e. The molecule has 4 nitrogen and oxygen atoms in total. The van der Waals surface area contributed by atoms with Gasteiger partial charge in [-0.3, -0.25) is 4.90 Å². The lowest BCUT2D eigenvalue weighted by Gasteiger charge is -2.21. The highest BCUT2D eigenvalue weighted by molar-refractivity contribution is 7.09. The molecule has 0 aliphatic carbocycles. The van der Waals surface area contributed by atoms with Gasteiger partial charge in [0.15, 0.2) is 0 Å². The molecule has 2 heterocycles. The third kappa shape index (κ3) is 4.95. The lowest BCUT2D eigenvalue weighted by Crippen LogP contribution is -2.35. The van der Waals surface area contributed by atoms with Gasteiger partial charge in [-0.15, -0.1) is 11.3 Å². The molecule has 0 atom stereocenters. The Labute approximate surface area is 131 Å². The summed E-state index contributed by atoms with van der Waals surface area (Å²) in [5.41, 5.74) is 4.38. The molecule has 0 fully saturated rings. The monoisotopic (exact) mass is 307 g/mol. The molecule has 0 spiro atoms. The van der Waals surface area contributed by atoms with Crippen molar-refractivity contribution in [1.82, 2.24) is 15.2 Å². The Morgan fingerprint density at radius 1 is 1.33 bits per heavy atom. The molecule has 0 aliphatic rings. The van der Waals surface area contributed by atoms with Gasteiger partial charge in [0.05, 0.1) is 24.0 Å². The van der Waals surface area contributed by atoms with Crippen LogP contribution in [0.2, 0.25) is 0 Å². The van der Waals surface area contributed by atoms with Crippen molar-refractivity contribution in [2.75, 3.05) is 7.05 Å². The van der Waals surface area contributed by atoms with Crippen LogP contribution in [0.1, 0.15) is 42.7 Å². The van der Waals surface area contributed by atoms with E-state index in [4.69, 9.17) is 4.42 Å². The summed E-state index contributed by atoms with van der Waals surface area (Å²) in [7, 11) is 2.11. The molecule has 0 bridgehead atoms. The molecule has 0 amide bonds. The first-order chi connectivity index (χ1) is 9.85. The summed E-state index contributed by atoms with van der Waals surface area (Å²) < 4.78 is 5.66. The fourth-order valence-corrected chi connectivity index (χ4v) is 2.90. The van der Waals surface area contributed by atoms with E-state index < -0.39 is 0 Å². The van der Waals surface area contributed by atoms with Gasteiger partial charge in [0.1, 0.15) is 5.76 Å². The standard InChI is InChI=1S/C16H25N3OS/c1-12-15(21-11-17-12)10-19(5)9-14-13(6-7-20-14)8-18-16(2,3)4/h6-7,11,18H,8-10H2,1-5H3. The lowest BCUT2D eigenvalue weighted by atomic mass is 10.1. The number of aryl methyl sites for hydroxylation is 1. The first-order valence-corrected chi connectivity index (χ1v) is 8.11. The fourth-order valence-electron chi connectivity index (χ4n) is 2.05. The highest BCUT2D eigenvalue weighted by atomic mass is 32.1. The maximum Gasteiger partial charge on any atom is 0.122 e. The van der Waals surface area contributed by atoms with Crippen LogP contribution in [0.15, 0.2) is 22.3 Å². The third-order valence-corrected chi connectivity index (χ3v) is 4.24. The van der Waals surface area contributed by atoms with Crippen LogP contribution in [0.4, 0.5) is 0 Å². The highest BCUT2D eigenvalue weighted by Crippen LogP contribution is 2.18. The Morgan fingerprint density at radius 2 is 2.10 bits per heavy atom. The van der Waals surface area contributed by atoms with Gasteiger partial charge in [0.2, 0.25) is 0 Å². The first kappa shape index (κ1) is 16.2. The van der Waals surface area contributed by atoms with Crippen LogP contribution in [-0.4, -0.2) is 22.5 Å². The average molecular weight is 307 g/mol. The average Bonchev–Trinajstić information content (AvgIpc) is 2.96. The quantitative estimate of drug-likeness (QED) is 0.886. The largest absolute Gasteiger partial charge is 0.468 e. The number of furan rings is 1. The predicted molar refractivity (Wildman–Crippen MR) is 87.3 cm³/mol. The van der Waals surface area contributed by atoms with Crippen molar-refractivity contribution < 1.29 is 4.42 Å². The molecular weight excluding hydrogens is 282 g/mol. The second kappa shape index (κ2) is 6.73. The predicted octanol–water partition coefficient (Wildman–Crippen LogP) is 3.56. The Morgan fingerprint density at radius 3 is 2.71 bits per heavy atom. The number of thiazole rings is 1. The zero-order chi connectivity index (χ0) is 15.5. The van der Waals surface area contributed by atoms with Crippen LogP contribution < -0.4 is 5.32 Å². The molecular formula is C16H25N3OS. The van der Waals surface area contributed by atoms with Crippen molar-refractivity contribution in [2.45, 2.75) is 52.9 Å². The molecule has 2 aromatic heterocycles. The summed E-state index contributed by atoms with van der Waals surface area (Å²) in [6.45, 7) is 11.1. The van der Waals surface area contributed by atoms with Gasteiger partial charge in [-0.1, -0.05) is 0 Å². The van der Waals surface area contributed by atoms with Gasteiger partial charge in [-0.2, -0.15) is 0 Å². The number of nitrogens with zero attached hydrogens (tertiary/aromatic N) is 2. The number of hydrogen-bond donors (Lipinski definition) is 1. The number of rotatable bonds is 6. The van der Waals surface area contributed by atoms with Crippen LogP contribution in [-0.2, 0) is 19.6 Å². The minimum absolute atomic E-state index is 0.111. The molecule has 1 N–H and O–H groups in total. The van der Waals surface area contributed by atoms with E-state index in [9.17, 15) is 0 Å². The van der Waals surface area contributed by atoms with Crippen molar-refractivity contribution in [3.63, 3.8) is 0 Å². The molecule has 0 saturated carbocycles. The van der Waals surface area contributed by atoms with Gasteiger partial charge in [0.25, 0.3) is 0 Å². The van der Waals surface area contributed by atoms with Gasteiger partial charge >= 0.3 is 0 Å². The first-order valence-electron chi connectivity index (χ1n) is 7.23.